The van der Waals surface area contributed by atoms with E-state index in [0.717, 1.165) is 65.1 Å². The number of hydrogen-bond donors (Lipinski definition) is 3. The van der Waals surface area contributed by atoms with Gasteiger partial charge < -0.3 is 29.7 Å². The number of aromatic nitrogens is 4. The third kappa shape index (κ3) is 6.56. The van der Waals surface area contributed by atoms with Crippen LogP contribution in [0.4, 0.5) is 9.59 Å². The Bertz CT molecular complexity index is 1960. The van der Waals surface area contributed by atoms with Crippen molar-refractivity contribution >= 4 is 18.1 Å². The Balaban J connectivity index is 1.03. The van der Waals surface area contributed by atoms with Crippen LogP contribution in [0.25, 0.3) is 33.6 Å². The molecule has 0 aliphatic carbocycles. The molecule has 2 fully saturated rings. The molecule has 0 bridgehead atoms. The number of H-pyrrole nitrogens is 2. The second kappa shape index (κ2) is 14.3. The van der Waals surface area contributed by atoms with E-state index in [1.54, 1.807) is 16.0 Å². The Morgan fingerprint density at radius 1 is 0.700 bits per heavy atom. The largest absolute Gasteiger partial charge is 0.453 e. The standard InChI is InChI=1S/C38H39N7O5/c1-49-37(47)43-33(28-8-4-3-5-9-28)36(46)44-20-6-10-31(44)34-39-22-29(41-34)26-16-12-24(13-17-26)25-14-18-27(19-15-25)30-23-40-35(42-30)32-11-7-21-45(32)38(48)50-2/h3-5,8-9,12-19,22-23,31-33H,6-7,10-11,20-21H2,1-2H3,(H,39,41)(H,40,42)(H,43,47)/t31-,32-,33+/m0/s1. The SMILES string of the molecule is COC(=O)N[C@@H](C(=O)N1CCC[C@H]1c1ncc(-c2ccc(-c3ccc(-c4cnc([C@@H]5CCCN5C(=O)OC)[nH]4)cc3)cc2)[nH]1)c1ccccc1. The fraction of sp³-hybridized carbons (Fsp3) is 0.289. The number of aromatic amines is 2. The highest BCUT2D eigenvalue weighted by atomic mass is 16.5. The first-order valence-electron chi connectivity index (χ1n) is 16.8. The van der Waals surface area contributed by atoms with Gasteiger partial charge in [-0.25, -0.2) is 19.6 Å². The molecule has 2 aliphatic rings. The number of carbonyl (C=O) groups excluding carboxylic acids is 3. The average molecular weight is 674 g/mol. The first kappa shape index (κ1) is 32.6. The molecular weight excluding hydrogens is 634 g/mol. The monoisotopic (exact) mass is 673 g/mol. The Morgan fingerprint density at radius 2 is 1.20 bits per heavy atom. The Morgan fingerprint density at radius 3 is 1.72 bits per heavy atom. The minimum absolute atomic E-state index is 0.109. The second-order valence-electron chi connectivity index (χ2n) is 12.5. The average Bonchev–Trinajstić information content (AvgIpc) is 4.00. The van der Waals surface area contributed by atoms with Crippen LogP contribution >= 0.6 is 0 Å². The summed E-state index contributed by atoms with van der Waals surface area (Å²) < 4.78 is 9.76. The molecule has 4 heterocycles. The molecule has 2 aromatic heterocycles. The zero-order valence-corrected chi connectivity index (χ0v) is 28.0. The summed E-state index contributed by atoms with van der Waals surface area (Å²) in [6.45, 7) is 1.23. The number of carbonyl (C=O) groups is 3. The lowest BCUT2D eigenvalue weighted by atomic mass is 10.0. The zero-order valence-electron chi connectivity index (χ0n) is 28.0. The molecule has 0 saturated carbocycles. The molecule has 12 heteroatoms. The predicted molar refractivity (Wildman–Crippen MR) is 187 cm³/mol. The fourth-order valence-electron chi connectivity index (χ4n) is 6.97. The van der Waals surface area contributed by atoms with Gasteiger partial charge in [-0.3, -0.25) is 9.69 Å². The van der Waals surface area contributed by atoms with E-state index in [1.165, 1.54) is 14.2 Å². The van der Waals surface area contributed by atoms with Crippen molar-refractivity contribution in [1.82, 2.24) is 35.1 Å². The van der Waals surface area contributed by atoms with E-state index in [1.807, 2.05) is 36.5 Å². The number of nitrogens with zero attached hydrogens (tertiary/aromatic N) is 4. The van der Waals surface area contributed by atoms with Crippen molar-refractivity contribution in [3.05, 3.63) is 108 Å². The van der Waals surface area contributed by atoms with Gasteiger partial charge in [-0.2, -0.15) is 0 Å². The zero-order chi connectivity index (χ0) is 34.6. The molecule has 0 unspecified atom stereocenters. The van der Waals surface area contributed by atoms with Crippen LogP contribution in [0.1, 0.15) is 61.0 Å². The summed E-state index contributed by atoms with van der Waals surface area (Å²) in [5, 5.41) is 2.71. The summed E-state index contributed by atoms with van der Waals surface area (Å²) in [6, 6.07) is 24.5. The molecule has 0 spiro atoms. The number of rotatable bonds is 8. The summed E-state index contributed by atoms with van der Waals surface area (Å²) in [4.78, 5) is 57.8. The second-order valence-corrected chi connectivity index (χ2v) is 12.5. The number of benzene rings is 3. The lowest BCUT2D eigenvalue weighted by Crippen LogP contribution is -2.42. The van der Waals surface area contributed by atoms with Crippen molar-refractivity contribution in [1.29, 1.82) is 0 Å². The van der Waals surface area contributed by atoms with Gasteiger partial charge in [0.15, 0.2) is 0 Å². The Labute approximate surface area is 289 Å². The molecular formula is C38H39N7O5. The summed E-state index contributed by atoms with van der Waals surface area (Å²) in [5.74, 6) is 1.27. The van der Waals surface area contributed by atoms with Gasteiger partial charge in [-0.1, -0.05) is 78.9 Å². The van der Waals surface area contributed by atoms with Gasteiger partial charge in [0.1, 0.15) is 17.7 Å². The minimum Gasteiger partial charge on any atom is -0.453 e. The van der Waals surface area contributed by atoms with E-state index in [2.05, 4.69) is 73.8 Å². The number of alkyl carbamates (subject to hydrolysis) is 1. The van der Waals surface area contributed by atoms with E-state index in [4.69, 9.17) is 9.47 Å². The van der Waals surface area contributed by atoms with Crippen LogP contribution in [0, 0.1) is 0 Å². The lowest BCUT2D eigenvalue weighted by Gasteiger charge is -2.28. The predicted octanol–water partition coefficient (Wildman–Crippen LogP) is 6.80. The van der Waals surface area contributed by atoms with Crippen LogP contribution in [-0.4, -0.2) is 75.1 Å². The van der Waals surface area contributed by atoms with Gasteiger partial charge in [0, 0.05) is 13.1 Å². The van der Waals surface area contributed by atoms with Crippen LogP contribution in [0.5, 0.6) is 0 Å². The highest BCUT2D eigenvalue weighted by Crippen LogP contribution is 2.35. The number of imidazole rings is 2. The highest BCUT2D eigenvalue weighted by Gasteiger charge is 2.37. The van der Waals surface area contributed by atoms with E-state index >= 15 is 0 Å². The summed E-state index contributed by atoms with van der Waals surface area (Å²) in [6.07, 6.45) is 5.98. The van der Waals surface area contributed by atoms with E-state index in [-0.39, 0.29) is 24.1 Å². The van der Waals surface area contributed by atoms with Gasteiger partial charge in [-0.05, 0) is 53.5 Å². The molecule has 3 atom stereocenters. The number of likely N-dealkylation sites (tertiary alicyclic amines) is 2. The molecule has 0 radical (unpaired) electrons. The van der Waals surface area contributed by atoms with Crippen molar-refractivity contribution in [2.45, 2.75) is 43.8 Å². The maximum absolute atomic E-state index is 13.8. The topological polar surface area (TPSA) is 146 Å². The molecule has 5 aromatic rings. The molecule has 3 aromatic carbocycles. The van der Waals surface area contributed by atoms with Gasteiger partial charge in [-0.15, -0.1) is 0 Å². The molecule has 12 nitrogen and oxygen atoms in total. The molecule has 2 saturated heterocycles. The van der Waals surface area contributed by atoms with Gasteiger partial charge in [0.25, 0.3) is 5.91 Å². The van der Waals surface area contributed by atoms with Crippen LogP contribution in [0.3, 0.4) is 0 Å². The molecule has 2 aliphatic heterocycles. The smallest absolute Gasteiger partial charge is 0.410 e. The van der Waals surface area contributed by atoms with E-state index in [9.17, 15) is 14.4 Å². The van der Waals surface area contributed by atoms with Gasteiger partial charge in [0.2, 0.25) is 0 Å². The third-order valence-corrected chi connectivity index (χ3v) is 9.57. The Hall–Kier alpha value is -5.91. The van der Waals surface area contributed by atoms with Crippen LogP contribution in [0.15, 0.2) is 91.3 Å². The van der Waals surface area contributed by atoms with Crippen LogP contribution in [-0.2, 0) is 14.3 Å². The van der Waals surface area contributed by atoms with Crippen LogP contribution < -0.4 is 5.32 Å². The van der Waals surface area contributed by atoms with Gasteiger partial charge >= 0.3 is 12.2 Å². The number of ether oxygens (including phenoxy) is 2. The number of methoxy groups -OCH3 is 2. The van der Waals surface area contributed by atoms with E-state index in [0.29, 0.717) is 24.5 Å². The van der Waals surface area contributed by atoms with Crippen molar-refractivity contribution in [3.8, 4) is 33.6 Å². The quantitative estimate of drug-likeness (QED) is 0.164. The lowest BCUT2D eigenvalue weighted by molar-refractivity contribution is -0.134. The highest BCUT2D eigenvalue weighted by molar-refractivity contribution is 5.87. The first-order chi connectivity index (χ1) is 24.4. The van der Waals surface area contributed by atoms with Crippen molar-refractivity contribution < 1.29 is 23.9 Å². The number of amides is 3. The molecule has 7 rings (SSSR count). The maximum Gasteiger partial charge on any atom is 0.410 e. The third-order valence-electron chi connectivity index (χ3n) is 9.57. The van der Waals surface area contributed by atoms with Crippen molar-refractivity contribution in [2.75, 3.05) is 27.3 Å². The Kier molecular flexibility index (Phi) is 9.32. The molecule has 3 amide bonds. The van der Waals surface area contributed by atoms with Crippen molar-refractivity contribution in [3.63, 3.8) is 0 Å². The maximum atomic E-state index is 13.8. The minimum atomic E-state index is -0.867. The fourth-order valence-corrected chi connectivity index (χ4v) is 6.97. The number of nitrogens with one attached hydrogen (secondary N) is 3. The van der Waals surface area contributed by atoms with Crippen LogP contribution in [0.2, 0.25) is 0 Å². The molecule has 50 heavy (non-hydrogen) atoms. The molecule has 256 valence electrons. The number of hydrogen-bond acceptors (Lipinski definition) is 7. The van der Waals surface area contributed by atoms with Gasteiger partial charge in [0.05, 0.1) is 50.1 Å². The van der Waals surface area contributed by atoms with Crippen molar-refractivity contribution in [2.24, 2.45) is 0 Å². The van der Waals surface area contributed by atoms with E-state index < -0.39 is 12.1 Å². The summed E-state index contributed by atoms with van der Waals surface area (Å²) in [5.41, 5.74) is 6.57. The first-order valence-corrected chi connectivity index (χ1v) is 16.8. The normalized spacial score (nSPS) is 17.8. The summed E-state index contributed by atoms with van der Waals surface area (Å²) >= 11 is 0. The summed E-state index contributed by atoms with van der Waals surface area (Å²) in [7, 11) is 2.69. The molecule has 3 N–H and O–H groups in total.